The molecular weight excluding hydrogens is 300 g/mol. The van der Waals surface area contributed by atoms with Gasteiger partial charge in [0.2, 0.25) is 5.91 Å². The predicted molar refractivity (Wildman–Crippen MR) is 87.4 cm³/mol. The monoisotopic (exact) mass is 320 g/mol. The van der Waals surface area contributed by atoms with Crippen molar-refractivity contribution in [1.29, 1.82) is 0 Å². The van der Waals surface area contributed by atoms with Gasteiger partial charge in [-0.05, 0) is 37.1 Å². The van der Waals surface area contributed by atoms with E-state index < -0.39 is 0 Å². The Morgan fingerprint density at radius 2 is 2.09 bits per heavy atom. The van der Waals surface area contributed by atoms with E-state index in [4.69, 9.17) is 9.47 Å². The maximum atomic E-state index is 11.4. The maximum absolute atomic E-state index is 11.4. The van der Waals surface area contributed by atoms with E-state index in [0.717, 1.165) is 29.3 Å². The largest absolute Gasteiger partial charge is 0.487 e. The fourth-order valence-corrected chi connectivity index (χ4v) is 2.75. The highest BCUT2D eigenvalue weighted by molar-refractivity contribution is 7.09. The summed E-state index contributed by atoms with van der Waals surface area (Å²) in [5.74, 6) is 0.567. The molecule has 1 heterocycles. The number of thiazole rings is 1. The Bertz CT molecular complexity index is 596. The number of methoxy groups -OCH3 is 1. The minimum Gasteiger partial charge on any atom is -0.487 e. The van der Waals surface area contributed by atoms with Gasteiger partial charge in [0.05, 0.1) is 10.7 Å². The van der Waals surface area contributed by atoms with Crippen molar-refractivity contribution in [3.05, 3.63) is 40.3 Å². The second-order valence-corrected chi connectivity index (χ2v) is 5.72. The fourth-order valence-electron chi connectivity index (χ4n) is 1.86. The molecule has 2 aromatic rings. The average Bonchev–Trinajstić information content (AvgIpc) is 2.95. The molecule has 0 aliphatic heterocycles. The van der Waals surface area contributed by atoms with E-state index in [1.54, 1.807) is 23.5 Å². The lowest BCUT2D eigenvalue weighted by molar-refractivity contribution is -0.119. The van der Waals surface area contributed by atoms with Crippen molar-refractivity contribution in [2.45, 2.75) is 26.4 Å². The summed E-state index contributed by atoms with van der Waals surface area (Å²) in [7, 11) is 1.49. The van der Waals surface area contributed by atoms with E-state index in [1.165, 1.54) is 7.11 Å². The summed E-state index contributed by atoms with van der Waals surface area (Å²) in [6.07, 6.45) is 2.12. The summed E-state index contributed by atoms with van der Waals surface area (Å²) in [5.41, 5.74) is 1.67. The number of nitrogens with zero attached hydrogens (tertiary/aromatic N) is 1. The van der Waals surface area contributed by atoms with Crippen molar-refractivity contribution in [3.63, 3.8) is 0 Å². The predicted octanol–water partition coefficient (Wildman–Crippen LogP) is 3.26. The Kier molecular flexibility index (Phi) is 6.36. The molecule has 22 heavy (non-hydrogen) atoms. The molecule has 0 radical (unpaired) electrons. The van der Waals surface area contributed by atoms with Crippen LogP contribution in [-0.4, -0.2) is 24.6 Å². The number of nitrogens with one attached hydrogen (secondary N) is 1. The van der Waals surface area contributed by atoms with Crippen LogP contribution in [0.25, 0.3) is 0 Å². The molecular formula is C16H20N2O3S. The topological polar surface area (TPSA) is 60.5 Å². The van der Waals surface area contributed by atoms with E-state index >= 15 is 0 Å². The zero-order valence-corrected chi connectivity index (χ0v) is 13.6. The molecule has 0 atom stereocenters. The van der Waals surface area contributed by atoms with Gasteiger partial charge in [0.25, 0.3) is 0 Å². The summed E-state index contributed by atoms with van der Waals surface area (Å²) in [6, 6.07) is 7.24. The number of hydrogen-bond donors (Lipinski definition) is 1. The molecule has 1 N–H and O–H groups in total. The van der Waals surface area contributed by atoms with Gasteiger partial charge in [0, 0.05) is 18.2 Å². The Labute approximate surface area is 134 Å². The second kappa shape index (κ2) is 8.51. The van der Waals surface area contributed by atoms with Crippen LogP contribution in [0.15, 0.2) is 29.6 Å². The number of carbonyl (C=O) groups excluding carboxylic acids is 1. The number of aryl methyl sites for hydroxylation is 1. The molecule has 1 amide bonds. The summed E-state index contributed by atoms with van der Waals surface area (Å²) in [5, 5.41) is 5.91. The molecule has 2 rings (SSSR count). The van der Waals surface area contributed by atoms with Crippen molar-refractivity contribution in [3.8, 4) is 5.75 Å². The van der Waals surface area contributed by atoms with Crippen LogP contribution < -0.4 is 10.1 Å². The van der Waals surface area contributed by atoms with Crippen LogP contribution in [0.2, 0.25) is 0 Å². The molecule has 0 spiro atoms. The first-order valence-electron chi connectivity index (χ1n) is 7.16. The van der Waals surface area contributed by atoms with Crippen molar-refractivity contribution in [2.75, 3.05) is 19.0 Å². The van der Waals surface area contributed by atoms with Gasteiger partial charge < -0.3 is 14.8 Å². The first kappa shape index (κ1) is 16.5. The number of ether oxygens (including phenoxy) is 2. The highest BCUT2D eigenvalue weighted by atomic mass is 32.1. The minimum absolute atomic E-state index is 0.0438. The van der Waals surface area contributed by atoms with Crippen LogP contribution in [0.3, 0.4) is 0 Å². The molecule has 0 aliphatic carbocycles. The van der Waals surface area contributed by atoms with Crippen molar-refractivity contribution in [1.82, 2.24) is 4.98 Å². The average molecular weight is 320 g/mol. The van der Waals surface area contributed by atoms with Crippen molar-refractivity contribution >= 4 is 22.9 Å². The number of amides is 1. The third kappa shape index (κ3) is 5.13. The number of anilines is 1. The van der Waals surface area contributed by atoms with Crippen LogP contribution in [0.4, 0.5) is 5.69 Å². The van der Waals surface area contributed by atoms with Gasteiger partial charge in [-0.2, -0.15) is 0 Å². The van der Waals surface area contributed by atoms with Gasteiger partial charge >= 0.3 is 0 Å². The van der Waals surface area contributed by atoms with Gasteiger partial charge in [0.15, 0.2) is 0 Å². The van der Waals surface area contributed by atoms with Crippen LogP contribution >= 0.6 is 11.3 Å². The number of rotatable bonds is 8. The van der Waals surface area contributed by atoms with E-state index in [1.807, 2.05) is 17.5 Å². The molecule has 0 fully saturated rings. The molecule has 6 heteroatoms. The molecule has 0 saturated heterocycles. The second-order valence-electron chi connectivity index (χ2n) is 4.78. The maximum Gasteiger partial charge on any atom is 0.250 e. The normalized spacial score (nSPS) is 10.5. The summed E-state index contributed by atoms with van der Waals surface area (Å²) < 4.78 is 10.5. The first-order chi connectivity index (χ1) is 10.7. The van der Waals surface area contributed by atoms with Gasteiger partial charge in [-0.3, -0.25) is 4.79 Å². The van der Waals surface area contributed by atoms with Crippen molar-refractivity contribution < 1.29 is 14.3 Å². The first-order valence-corrected chi connectivity index (χ1v) is 8.04. The van der Waals surface area contributed by atoms with Crippen molar-refractivity contribution in [2.24, 2.45) is 0 Å². The standard InChI is InChI=1S/C16H20N2O3S/c1-3-4-16-18-13(11-22-16)9-21-14-7-5-12(6-8-14)17-15(19)10-20-2/h5-8,11H,3-4,9-10H2,1-2H3,(H,17,19). The lowest BCUT2D eigenvalue weighted by Gasteiger charge is -2.07. The smallest absolute Gasteiger partial charge is 0.250 e. The lowest BCUT2D eigenvalue weighted by atomic mass is 10.3. The Morgan fingerprint density at radius 1 is 1.32 bits per heavy atom. The molecule has 0 bridgehead atoms. The summed E-state index contributed by atoms with van der Waals surface area (Å²) >= 11 is 1.67. The summed E-state index contributed by atoms with van der Waals surface area (Å²) in [4.78, 5) is 15.9. The SMILES string of the molecule is CCCc1nc(COc2ccc(NC(=O)COC)cc2)cs1. The molecule has 118 valence electrons. The molecule has 1 aromatic heterocycles. The Hall–Kier alpha value is -1.92. The van der Waals surface area contributed by atoms with E-state index in [2.05, 4.69) is 17.2 Å². The molecule has 0 aliphatic rings. The Balaban J connectivity index is 1.84. The Morgan fingerprint density at radius 3 is 2.77 bits per heavy atom. The summed E-state index contributed by atoms with van der Waals surface area (Å²) in [6.45, 7) is 2.64. The zero-order chi connectivity index (χ0) is 15.8. The number of carbonyl (C=O) groups is 1. The molecule has 1 aromatic carbocycles. The molecule has 0 unspecified atom stereocenters. The number of hydrogen-bond acceptors (Lipinski definition) is 5. The van der Waals surface area contributed by atoms with Crippen LogP contribution in [0, 0.1) is 0 Å². The third-order valence-electron chi connectivity index (χ3n) is 2.86. The van der Waals surface area contributed by atoms with Gasteiger partial charge in [-0.25, -0.2) is 4.98 Å². The number of benzene rings is 1. The van der Waals surface area contributed by atoms with Gasteiger partial charge in [0.1, 0.15) is 19.0 Å². The van der Waals surface area contributed by atoms with E-state index in [9.17, 15) is 4.79 Å². The lowest BCUT2D eigenvalue weighted by Crippen LogP contribution is -2.16. The molecule has 0 saturated carbocycles. The van der Waals surface area contributed by atoms with Crippen LogP contribution in [0.5, 0.6) is 5.75 Å². The zero-order valence-electron chi connectivity index (χ0n) is 12.8. The van der Waals surface area contributed by atoms with Crippen LogP contribution in [-0.2, 0) is 22.6 Å². The van der Waals surface area contributed by atoms with E-state index in [-0.39, 0.29) is 12.5 Å². The van der Waals surface area contributed by atoms with E-state index in [0.29, 0.717) is 12.3 Å². The quantitative estimate of drug-likeness (QED) is 0.811. The van der Waals surface area contributed by atoms with Crippen LogP contribution in [0.1, 0.15) is 24.0 Å². The highest BCUT2D eigenvalue weighted by Gasteiger charge is 2.04. The third-order valence-corrected chi connectivity index (χ3v) is 3.82. The van der Waals surface area contributed by atoms with Gasteiger partial charge in [-0.1, -0.05) is 6.92 Å². The number of aromatic nitrogens is 1. The van der Waals surface area contributed by atoms with Gasteiger partial charge in [-0.15, -0.1) is 11.3 Å². The fraction of sp³-hybridized carbons (Fsp3) is 0.375. The highest BCUT2D eigenvalue weighted by Crippen LogP contribution is 2.18. The molecule has 5 nitrogen and oxygen atoms in total. The minimum atomic E-state index is -0.179.